The number of aliphatic carboxylic acids is 1. The fourth-order valence-electron chi connectivity index (χ4n) is 0.873. The van der Waals surface area contributed by atoms with Gasteiger partial charge in [-0.1, -0.05) is 6.58 Å². The van der Waals surface area contributed by atoms with E-state index in [2.05, 4.69) is 11.6 Å². The van der Waals surface area contributed by atoms with Crippen LogP contribution in [-0.4, -0.2) is 29.1 Å². The highest BCUT2D eigenvalue weighted by Gasteiger charge is 2.44. The maximum atomic E-state index is 10.7. The van der Waals surface area contributed by atoms with Gasteiger partial charge in [-0.25, -0.2) is 9.79 Å². The maximum Gasteiger partial charge on any atom is 0.335 e. The number of aliphatic imine (C=N–C) groups is 1. The van der Waals surface area contributed by atoms with Crippen molar-refractivity contribution < 1.29 is 14.6 Å². The Bertz CT molecular complexity index is 224. The minimum Gasteiger partial charge on any atom is -0.479 e. The van der Waals surface area contributed by atoms with Crippen molar-refractivity contribution in [1.82, 2.24) is 0 Å². The Balaban J connectivity index is 2.91. The summed E-state index contributed by atoms with van der Waals surface area (Å²) in [5.74, 6) is -1.00. The first-order chi connectivity index (χ1) is 5.11. The van der Waals surface area contributed by atoms with Gasteiger partial charge in [-0.3, -0.25) is 0 Å². The van der Waals surface area contributed by atoms with E-state index in [1.807, 2.05) is 0 Å². The molecular weight excluding hydrogens is 146 g/mol. The third-order valence-electron chi connectivity index (χ3n) is 1.73. The van der Waals surface area contributed by atoms with Crippen molar-refractivity contribution in [3.05, 3.63) is 12.7 Å². The molecule has 4 heteroatoms. The van der Waals surface area contributed by atoms with Gasteiger partial charge < -0.3 is 9.84 Å². The standard InChI is InChI=1S/C7H9NO3/c1-3-5-7(2,6(9)10)8-4-11-5/h3-5H,1H2,2H3,(H,9,10). The Hall–Kier alpha value is -1.32. The lowest BCUT2D eigenvalue weighted by molar-refractivity contribution is -0.144. The van der Waals surface area contributed by atoms with E-state index in [-0.39, 0.29) is 0 Å². The summed E-state index contributed by atoms with van der Waals surface area (Å²) in [6, 6.07) is 0. The van der Waals surface area contributed by atoms with E-state index < -0.39 is 17.6 Å². The Morgan fingerprint density at radius 1 is 2.00 bits per heavy atom. The molecule has 1 aliphatic rings. The summed E-state index contributed by atoms with van der Waals surface area (Å²) in [5, 5.41) is 8.73. The fraction of sp³-hybridized carbons (Fsp3) is 0.429. The lowest BCUT2D eigenvalue weighted by atomic mass is 9.97. The van der Waals surface area contributed by atoms with Crippen LogP contribution in [-0.2, 0) is 9.53 Å². The number of hydrogen-bond acceptors (Lipinski definition) is 3. The number of carboxylic acids is 1. The van der Waals surface area contributed by atoms with Crippen molar-refractivity contribution in [2.45, 2.75) is 18.6 Å². The van der Waals surface area contributed by atoms with E-state index in [9.17, 15) is 4.79 Å². The lowest BCUT2D eigenvalue weighted by Gasteiger charge is -2.19. The molecule has 11 heavy (non-hydrogen) atoms. The zero-order valence-corrected chi connectivity index (χ0v) is 6.15. The molecule has 0 aromatic heterocycles. The van der Waals surface area contributed by atoms with Crippen molar-refractivity contribution in [2.75, 3.05) is 0 Å². The number of carbonyl (C=O) groups is 1. The first-order valence-corrected chi connectivity index (χ1v) is 3.16. The summed E-state index contributed by atoms with van der Waals surface area (Å²) in [6.07, 6.45) is 2.03. The quantitative estimate of drug-likeness (QED) is 0.589. The summed E-state index contributed by atoms with van der Waals surface area (Å²) >= 11 is 0. The Morgan fingerprint density at radius 2 is 2.64 bits per heavy atom. The minimum atomic E-state index is -1.19. The van der Waals surface area contributed by atoms with Crippen molar-refractivity contribution >= 4 is 12.4 Å². The second-order valence-corrected chi connectivity index (χ2v) is 2.48. The normalized spacial score (nSPS) is 34.8. The molecule has 0 bridgehead atoms. The molecule has 0 fully saturated rings. The summed E-state index contributed by atoms with van der Waals surface area (Å²) in [6.45, 7) is 4.94. The molecule has 1 rings (SSSR count). The van der Waals surface area contributed by atoms with Crippen molar-refractivity contribution in [3.8, 4) is 0 Å². The van der Waals surface area contributed by atoms with Gasteiger partial charge in [0.05, 0.1) is 0 Å². The van der Waals surface area contributed by atoms with Crippen LogP contribution in [0.25, 0.3) is 0 Å². The molecule has 1 aliphatic heterocycles. The van der Waals surface area contributed by atoms with Crippen LogP contribution in [0.4, 0.5) is 0 Å². The van der Waals surface area contributed by atoms with Gasteiger partial charge in [-0.2, -0.15) is 0 Å². The SMILES string of the molecule is C=CC1OC=NC1(C)C(=O)O. The van der Waals surface area contributed by atoms with Crippen LogP contribution in [0.5, 0.6) is 0 Å². The summed E-state index contributed by atoms with van der Waals surface area (Å²) < 4.78 is 4.89. The third-order valence-corrected chi connectivity index (χ3v) is 1.73. The van der Waals surface area contributed by atoms with Crippen LogP contribution in [0.1, 0.15) is 6.92 Å². The number of carboxylic acid groups (broad SMARTS) is 1. The van der Waals surface area contributed by atoms with Gasteiger partial charge in [0.1, 0.15) is 0 Å². The molecule has 1 heterocycles. The van der Waals surface area contributed by atoms with Crippen molar-refractivity contribution in [2.24, 2.45) is 4.99 Å². The molecule has 2 unspecified atom stereocenters. The zero-order valence-electron chi connectivity index (χ0n) is 6.15. The molecule has 0 aromatic carbocycles. The van der Waals surface area contributed by atoms with E-state index in [1.54, 1.807) is 0 Å². The molecular formula is C7H9NO3. The predicted octanol–water partition coefficient (Wildman–Crippen LogP) is 0.443. The average Bonchev–Trinajstić information content (AvgIpc) is 2.32. The monoisotopic (exact) mass is 155 g/mol. The summed E-state index contributed by atoms with van der Waals surface area (Å²) in [4.78, 5) is 14.4. The second kappa shape index (κ2) is 2.38. The van der Waals surface area contributed by atoms with Gasteiger partial charge in [0, 0.05) is 0 Å². The van der Waals surface area contributed by atoms with E-state index in [0.29, 0.717) is 0 Å². The topological polar surface area (TPSA) is 58.9 Å². The number of hydrogen-bond donors (Lipinski definition) is 1. The molecule has 4 nitrogen and oxygen atoms in total. The van der Waals surface area contributed by atoms with Crippen LogP contribution < -0.4 is 0 Å². The highest BCUT2D eigenvalue weighted by molar-refractivity contribution is 5.83. The third kappa shape index (κ3) is 1.00. The molecule has 60 valence electrons. The minimum absolute atomic E-state index is 0.556. The highest BCUT2D eigenvalue weighted by atomic mass is 16.5. The second-order valence-electron chi connectivity index (χ2n) is 2.48. The molecule has 2 atom stereocenters. The van der Waals surface area contributed by atoms with Crippen molar-refractivity contribution in [3.63, 3.8) is 0 Å². The molecule has 0 saturated heterocycles. The average molecular weight is 155 g/mol. The molecule has 0 aliphatic carbocycles. The first kappa shape index (κ1) is 7.78. The van der Waals surface area contributed by atoms with E-state index >= 15 is 0 Å². The number of rotatable bonds is 2. The van der Waals surface area contributed by atoms with Crippen LogP contribution >= 0.6 is 0 Å². The van der Waals surface area contributed by atoms with Gasteiger partial charge in [-0.05, 0) is 13.0 Å². The van der Waals surface area contributed by atoms with Gasteiger partial charge in [-0.15, -0.1) is 0 Å². The number of ether oxygens (including phenoxy) is 1. The Kier molecular flexibility index (Phi) is 1.68. The Morgan fingerprint density at radius 3 is 3.00 bits per heavy atom. The van der Waals surface area contributed by atoms with Gasteiger partial charge in [0.25, 0.3) is 0 Å². The van der Waals surface area contributed by atoms with E-state index in [1.165, 1.54) is 13.0 Å². The number of nitrogens with zero attached hydrogens (tertiary/aromatic N) is 1. The van der Waals surface area contributed by atoms with Gasteiger partial charge in [0.2, 0.25) is 0 Å². The zero-order chi connectivity index (χ0) is 8.48. The van der Waals surface area contributed by atoms with Gasteiger partial charge in [0.15, 0.2) is 18.0 Å². The summed E-state index contributed by atoms with van der Waals surface area (Å²) in [5.41, 5.74) is -1.19. The van der Waals surface area contributed by atoms with Gasteiger partial charge >= 0.3 is 5.97 Å². The molecule has 1 N–H and O–H groups in total. The largest absolute Gasteiger partial charge is 0.479 e. The summed E-state index contributed by atoms with van der Waals surface area (Å²) in [7, 11) is 0. The van der Waals surface area contributed by atoms with Crippen molar-refractivity contribution in [1.29, 1.82) is 0 Å². The molecule has 0 radical (unpaired) electrons. The Labute approximate surface area is 64.2 Å². The first-order valence-electron chi connectivity index (χ1n) is 3.16. The van der Waals surface area contributed by atoms with Crippen LogP contribution in [0, 0.1) is 0 Å². The predicted molar refractivity (Wildman–Crippen MR) is 39.6 cm³/mol. The van der Waals surface area contributed by atoms with E-state index in [4.69, 9.17) is 9.84 Å². The smallest absolute Gasteiger partial charge is 0.335 e. The van der Waals surface area contributed by atoms with Crippen LogP contribution in [0.2, 0.25) is 0 Å². The molecule has 0 amide bonds. The highest BCUT2D eigenvalue weighted by Crippen LogP contribution is 2.23. The van der Waals surface area contributed by atoms with E-state index in [0.717, 1.165) is 6.40 Å². The molecule has 0 saturated carbocycles. The van der Waals surface area contributed by atoms with Crippen LogP contribution in [0.15, 0.2) is 17.6 Å². The molecule has 0 spiro atoms. The molecule has 0 aromatic rings. The lowest BCUT2D eigenvalue weighted by Crippen LogP contribution is -2.41. The fourth-order valence-corrected chi connectivity index (χ4v) is 0.873. The maximum absolute atomic E-state index is 10.7. The van der Waals surface area contributed by atoms with Crippen LogP contribution in [0.3, 0.4) is 0 Å².